The van der Waals surface area contributed by atoms with Gasteiger partial charge in [-0.1, -0.05) is 30.3 Å². The van der Waals surface area contributed by atoms with E-state index in [0.717, 1.165) is 10.4 Å². The smallest absolute Gasteiger partial charge is 0.251 e. The van der Waals surface area contributed by atoms with Crippen molar-refractivity contribution in [2.75, 3.05) is 5.73 Å². The van der Waals surface area contributed by atoms with Gasteiger partial charge in [0.25, 0.3) is 5.91 Å². The Morgan fingerprint density at radius 2 is 2.00 bits per heavy atom. The second kappa shape index (κ2) is 6.61. The molecule has 26 heavy (non-hydrogen) atoms. The van der Waals surface area contributed by atoms with Crippen molar-refractivity contribution in [1.82, 2.24) is 19.9 Å². The van der Waals surface area contributed by atoms with Crippen LogP contribution in [-0.4, -0.2) is 20.5 Å². The van der Waals surface area contributed by atoms with E-state index < -0.39 is 0 Å². The molecule has 1 amide bonds. The van der Waals surface area contributed by atoms with Crippen molar-refractivity contribution >= 4 is 28.7 Å². The average Bonchev–Trinajstić information content (AvgIpc) is 3.27. The van der Waals surface area contributed by atoms with E-state index >= 15 is 0 Å². The number of rotatable bonds is 4. The van der Waals surface area contributed by atoms with E-state index in [1.807, 2.05) is 49.4 Å². The SMILES string of the molecule is Cc1ccc(-c2nc3cc(C(=O)NCc4ccccc4)cc(N)n3n2)s1. The van der Waals surface area contributed by atoms with Gasteiger partial charge in [-0.15, -0.1) is 16.4 Å². The summed E-state index contributed by atoms with van der Waals surface area (Å²) in [5, 5.41) is 7.35. The number of benzene rings is 1. The third kappa shape index (κ3) is 3.16. The third-order valence-electron chi connectivity index (χ3n) is 3.98. The lowest BCUT2D eigenvalue weighted by Gasteiger charge is -2.06. The van der Waals surface area contributed by atoms with Crippen LogP contribution in [0, 0.1) is 6.92 Å². The van der Waals surface area contributed by atoms with Crippen molar-refractivity contribution < 1.29 is 4.79 Å². The Morgan fingerprint density at radius 3 is 2.73 bits per heavy atom. The van der Waals surface area contributed by atoms with E-state index in [-0.39, 0.29) is 5.91 Å². The van der Waals surface area contributed by atoms with Crippen LogP contribution in [0.3, 0.4) is 0 Å². The minimum atomic E-state index is -0.195. The van der Waals surface area contributed by atoms with Gasteiger partial charge in [-0.3, -0.25) is 4.79 Å². The molecule has 0 saturated carbocycles. The van der Waals surface area contributed by atoms with Crippen LogP contribution in [0.25, 0.3) is 16.3 Å². The van der Waals surface area contributed by atoms with Crippen LogP contribution < -0.4 is 11.1 Å². The largest absolute Gasteiger partial charge is 0.384 e. The monoisotopic (exact) mass is 363 g/mol. The van der Waals surface area contributed by atoms with Crippen LogP contribution in [0.15, 0.2) is 54.6 Å². The summed E-state index contributed by atoms with van der Waals surface area (Å²) >= 11 is 1.62. The van der Waals surface area contributed by atoms with E-state index in [1.54, 1.807) is 28.0 Å². The number of nitrogens with zero attached hydrogens (tertiary/aromatic N) is 3. The molecule has 6 nitrogen and oxygen atoms in total. The second-order valence-corrected chi connectivity index (χ2v) is 7.24. The van der Waals surface area contributed by atoms with Gasteiger partial charge in [-0.05, 0) is 36.8 Å². The number of hydrogen-bond donors (Lipinski definition) is 2. The number of aromatic nitrogens is 3. The van der Waals surface area contributed by atoms with Crippen molar-refractivity contribution in [2.24, 2.45) is 0 Å². The zero-order valence-corrected chi connectivity index (χ0v) is 15.0. The van der Waals surface area contributed by atoms with E-state index in [4.69, 9.17) is 5.73 Å². The number of hydrogen-bond acceptors (Lipinski definition) is 5. The number of thiophene rings is 1. The number of nitrogens with two attached hydrogens (primary N) is 1. The minimum absolute atomic E-state index is 0.195. The molecule has 1 aromatic carbocycles. The predicted octanol–water partition coefficient (Wildman–Crippen LogP) is 3.28. The van der Waals surface area contributed by atoms with Crippen LogP contribution in [0.1, 0.15) is 20.8 Å². The maximum atomic E-state index is 12.5. The summed E-state index contributed by atoms with van der Waals surface area (Å²) in [7, 11) is 0. The van der Waals surface area contributed by atoms with Gasteiger partial charge >= 0.3 is 0 Å². The Balaban J connectivity index is 1.60. The Morgan fingerprint density at radius 1 is 1.19 bits per heavy atom. The molecule has 3 N–H and O–H groups in total. The first kappa shape index (κ1) is 16.3. The molecule has 0 bridgehead atoms. The zero-order valence-electron chi connectivity index (χ0n) is 14.1. The van der Waals surface area contributed by atoms with Crippen LogP contribution >= 0.6 is 11.3 Å². The third-order valence-corrected chi connectivity index (χ3v) is 4.98. The highest BCUT2D eigenvalue weighted by atomic mass is 32.1. The van der Waals surface area contributed by atoms with E-state index in [1.165, 1.54) is 4.88 Å². The topological polar surface area (TPSA) is 85.3 Å². The molecule has 130 valence electrons. The lowest BCUT2D eigenvalue weighted by atomic mass is 10.2. The first-order valence-electron chi connectivity index (χ1n) is 8.15. The number of fused-ring (bicyclic) bond motifs is 1. The van der Waals surface area contributed by atoms with E-state index in [2.05, 4.69) is 15.4 Å². The first-order valence-corrected chi connectivity index (χ1v) is 8.97. The Bertz CT molecular complexity index is 1080. The summed E-state index contributed by atoms with van der Waals surface area (Å²) in [5.41, 5.74) is 8.13. The van der Waals surface area contributed by atoms with Crippen molar-refractivity contribution in [3.63, 3.8) is 0 Å². The summed E-state index contributed by atoms with van der Waals surface area (Å²) in [6.07, 6.45) is 0. The van der Waals surface area contributed by atoms with Gasteiger partial charge in [0, 0.05) is 17.0 Å². The van der Waals surface area contributed by atoms with Crippen molar-refractivity contribution in [1.29, 1.82) is 0 Å². The molecule has 7 heteroatoms. The fourth-order valence-electron chi connectivity index (χ4n) is 2.68. The summed E-state index contributed by atoms with van der Waals surface area (Å²) in [5.74, 6) is 0.788. The highest BCUT2D eigenvalue weighted by molar-refractivity contribution is 7.15. The molecular weight excluding hydrogens is 346 g/mol. The summed E-state index contributed by atoms with van der Waals surface area (Å²) in [4.78, 5) is 19.2. The molecule has 0 fully saturated rings. The number of carbonyl (C=O) groups is 1. The maximum Gasteiger partial charge on any atom is 0.251 e. The predicted molar refractivity (Wildman–Crippen MR) is 103 cm³/mol. The Kier molecular flexibility index (Phi) is 4.14. The molecule has 3 aromatic heterocycles. The van der Waals surface area contributed by atoms with Gasteiger partial charge in [0.15, 0.2) is 11.5 Å². The van der Waals surface area contributed by atoms with Gasteiger partial charge in [0.1, 0.15) is 5.82 Å². The van der Waals surface area contributed by atoms with Crippen molar-refractivity contribution in [2.45, 2.75) is 13.5 Å². The minimum Gasteiger partial charge on any atom is -0.384 e. The van der Waals surface area contributed by atoms with E-state index in [0.29, 0.717) is 29.4 Å². The number of pyridine rings is 1. The van der Waals surface area contributed by atoms with Crippen molar-refractivity contribution in [3.8, 4) is 10.7 Å². The van der Waals surface area contributed by atoms with Crippen molar-refractivity contribution in [3.05, 3.63) is 70.6 Å². The molecule has 0 radical (unpaired) electrons. The lowest BCUT2D eigenvalue weighted by Crippen LogP contribution is -2.23. The highest BCUT2D eigenvalue weighted by Gasteiger charge is 2.14. The quantitative estimate of drug-likeness (QED) is 0.583. The summed E-state index contributed by atoms with van der Waals surface area (Å²) in [6, 6.07) is 17.1. The molecule has 0 atom stereocenters. The van der Waals surface area contributed by atoms with Crippen LogP contribution in [0.5, 0.6) is 0 Å². The Labute approximate surface area is 154 Å². The lowest BCUT2D eigenvalue weighted by molar-refractivity contribution is 0.0951. The average molecular weight is 363 g/mol. The van der Waals surface area contributed by atoms with Gasteiger partial charge in [0.05, 0.1) is 4.88 Å². The zero-order chi connectivity index (χ0) is 18.1. The molecule has 0 aliphatic heterocycles. The number of aryl methyl sites for hydroxylation is 1. The molecule has 0 aliphatic rings. The normalized spacial score (nSPS) is 11.0. The molecular formula is C19H17N5OS. The maximum absolute atomic E-state index is 12.5. The van der Waals surface area contributed by atoms with Crippen LogP contribution in [0.4, 0.5) is 5.82 Å². The van der Waals surface area contributed by atoms with Crippen LogP contribution in [0.2, 0.25) is 0 Å². The molecule has 4 aromatic rings. The number of nitrogen functional groups attached to an aromatic ring is 1. The molecule has 4 rings (SSSR count). The van der Waals surface area contributed by atoms with E-state index in [9.17, 15) is 4.79 Å². The molecule has 3 heterocycles. The Hall–Kier alpha value is -3.19. The molecule has 0 unspecified atom stereocenters. The second-order valence-electron chi connectivity index (χ2n) is 5.95. The summed E-state index contributed by atoms with van der Waals surface area (Å²) in [6.45, 7) is 2.49. The fraction of sp³-hybridized carbons (Fsp3) is 0.105. The number of nitrogens with one attached hydrogen (secondary N) is 1. The number of anilines is 1. The summed E-state index contributed by atoms with van der Waals surface area (Å²) < 4.78 is 1.55. The van der Waals surface area contributed by atoms with Gasteiger partial charge < -0.3 is 11.1 Å². The number of carbonyl (C=O) groups excluding carboxylic acids is 1. The first-order chi connectivity index (χ1) is 12.6. The van der Waals surface area contributed by atoms with Crippen LogP contribution in [-0.2, 0) is 6.54 Å². The molecule has 0 spiro atoms. The van der Waals surface area contributed by atoms with Gasteiger partial charge in [-0.25, -0.2) is 4.98 Å². The number of amides is 1. The fourth-order valence-corrected chi connectivity index (χ4v) is 3.48. The van der Waals surface area contributed by atoms with Gasteiger partial charge in [-0.2, -0.15) is 4.52 Å². The molecule has 0 aliphatic carbocycles. The van der Waals surface area contributed by atoms with Gasteiger partial charge in [0.2, 0.25) is 0 Å². The highest BCUT2D eigenvalue weighted by Crippen LogP contribution is 2.26. The standard InChI is InChI=1S/C19H17N5OS/c1-12-7-8-15(26-12)18-22-17-10-14(9-16(20)24(17)23-18)19(25)21-11-13-5-3-2-4-6-13/h2-10H,11,20H2,1H3,(H,21,25). The molecule has 0 saturated heterocycles.